The van der Waals surface area contributed by atoms with Gasteiger partial charge in [0, 0.05) is 12.1 Å². The predicted molar refractivity (Wildman–Crippen MR) is 73.4 cm³/mol. The van der Waals surface area contributed by atoms with Crippen LogP contribution in [0.2, 0.25) is 0 Å². The van der Waals surface area contributed by atoms with Gasteiger partial charge in [-0.2, -0.15) is 0 Å². The van der Waals surface area contributed by atoms with Crippen LogP contribution in [0.15, 0.2) is 36.4 Å². The van der Waals surface area contributed by atoms with Gasteiger partial charge in [0.25, 0.3) is 0 Å². The number of hydrogen-bond acceptors (Lipinski definition) is 3. The average Bonchev–Trinajstić information content (AvgIpc) is 2.69. The third-order valence-electron chi connectivity index (χ3n) is 4.58. The monoisotopic (exact) mass is 255 g/mol. The summed E-state index contributed by atoms with van der Waals surface area (Å²) in [5.41, 5.74) is 2.38. The lowest BCUT2D eigenvalue weighted by molar-refractivity contribution is 0.194. The summed E-state index contributed by atoms with van der Waals surface area (Å²) in [6.07, 6.45) is 9.55. The van der Waals surface area contributed by atoms with E-state index in [4.69, 9.17) is 4.74 Å². The molecule has 0 radical (unpaired) electrons. The quantitative estimate of drug-likeness (QED) is 0.772. The molecule has 3 aliphatic rings. The number of rotatable bonds is 0. The minimum atomic E-state index is -0.0943. The molecule has 2 aliphatic heterocycles. The van der Waals surface area contributed by atoms with E-state index in [-0.39, 0.29) is 17.3 Å². The Kier molecular flexibility index (Phi) is 2.13. The van der Waals surface area contributed by atoms with Crippen LogP contribution in [0.25, 0.3) is 0 Å². The predicted octanol–water partition coefficient (Wildman–Crippen LogP) is 2.35. The lowest BCUT2D eigenvalue weighted by atomic mass is 9.71. The van der Waals surface area contributed by atoms with Crippen molar-refractivity contribution >= 4 is 0 Å². The first-order valence-electron chi connectivity index (χ1n) is 6.77. The minimum absolute atomic E-state index is 0.0195. The molecule has 2 unspecified atom stereocenters. The Hall–Kier alpha value is -1.74. The summed E-state index contributed by atoms with van der Waals surface area (Å²) in [5.74, 6) is 0.952. The van der Waals surface area contributed by atoms with Gasteiger partial charge in [-0.05, 0) is 37.7 Å². The molecule has 3 heteroatoms. The minimum Gasteiger partial charge on any atom is -0.504 e. The van der Waals surface area contributed by atoms with Crippen molar-refractivity contribution in [1.82, 2.24) is 4.90 Å². The lowest BCUT2D eigenvalue weighted by Gasteiger charge is -2.31. The fraction of sp³-hybridized carbons (Fsp3) is 0.375. The van der Waals surface area contributed by atoms with Gasteiger partial charge in [-0.1, -0.05) is 24.3 Å². The van der Waals surface area contributed by atoms with Crippen molar-refractivity contribution in [2.75, 3.05) is 13.6 Å². The van der Waals surface area contributed by atoms with Crippen molar-refractivity contribution < 1.29 is 9.84 Å². The van der Waals surface area contributed by atoms with Crippen molar-refractivity contribution in [3.8, 4) is 11.5 Å². The van der Waals surface area contributed by atoms with Gasteiger partial charge in [-0.25, -0.2) is 0 Å². The third-order valence-corrected chi connectivity index (χ3v) is 4.58. The standard InChI is InChI=1S/C16H17NO2/c1-17-9-8-16-7-3-2-4-13(16)19-15-12(18)6-5-11(10-17)14(15)16/h2-7,13,18H,8-10H2,1H3. The van der Waals surface area contributed by atoms with Crippen LogP contribution >= 0.6 is 0 Å². The molecule has 0 bridgehead atoms. The van der Waals surface area contributed by atoms with Crippen molar-refractivity contribution in [1.29, 1.82) is 0 Å². The normalized spacial score (nSPS) is 31.5. The van der Waals surface area contributed by atoms with E-state index in [1.165, 1.54) is 11.1 Å². The number of nitrogens with zero attached hydrogens (tertiary/aromatic N) is 1. The van der Waals surface area contributed by atoms with Crippen LogP contribution in [0, 0.1) is 0 Å². The number of allylic oxidation sites excluding steroid dienone is 2. The summed E-state index contributed by atoms with van der Waals surface area (Å²) >= 11 is 0. The van der Waals surface area contributed by atoms with E-state index in [1.807, 2.05) is 12.1 Å². The number of phenolic OH excluding ortho intramolecular Hbond substituents is 1. The summed E-state index contributed by atoms with van der Waals surface area (Å²) < 4.78 is 6.04. The molecule has 4 rings (SSSR count). The van der Waals surface area contributed by atoms with Crippen molar-refractivity contribution in [3.63, 3.8) is 0 Å². The van der Waals surface area contributed by atoms with Crippen molar-refractivity contribution in [3.05, 3.63) is 47.6 Å². The molecule has 0 saturated carbocycles. The highest BCUT2D eigenvalue weighted by molar-refractivity contribution is 5.61. The first kappa shape index (κ1) is 11.1. The van der Waals surface area contributed by atoms with Crippen LogP contribution in [0.4, 0.5) is 0 Å². The molecule has 2 atom stereocenters. The zero-order valence-corrected chi connectivity index (χ0v) is 11.0. The van der Waals surface area contributed by atoms with E-state index in [0.29, 0.717) is 5.75 Å². The summed E-state index contributed by atoms with van der Waals surface area (Å²) in [6.45, 7) is 1.95. The van der Waals surface area contributed by atoms with Crippen LogP contribution < -0.4 is 4.74 Å². The number of benzene rings is 1. The molecule has 0 fully saturated rings. The van der Waals surface area contributed by atoms with E-state index < -0.39 is 0 Å². The molecule has 1 aromatic carbocycles. The van der Waals surface area contributed by atoms with E-state index in [0.717, 1.165) is 19.5 Å². The maximum atomic E-state index is 10.1. The highest BCUT2D eigenvalue weighted by Crippen LogP contribution is 2.54. The van der Waals surface area contributed by atoms with Gasteiger partial charge in [0.2, 0.25) is 0 Å². The number of ether oxygens (including phenoxy) is 1. The van der Waals surface area contributed by atoms with Crippen LogP contribution in [0.1, 0.15) is 17.5 Å². The first-order valence-corrected chi connectivity index (χ1v) is 6.77. The Bertz CT molecular complexity index is 605. The number of phenols is 1. The van der Waals surface area contributed by atoms with E-state index >= 15 is 0 Å². The molecule has 3 nitrogen and oxygen atoms in total. The second-order valence-corrected chi connectivity index (χ2v) is 5.76. The van der Waals surface area contributed by atoms with Gasteiger partial charge in [-0.15, -0.1) is 0 Å². The van der Waals surface area contributed by atoms with E-state index in [2.05, 4.69) is 30.2 Å². The molecule has 1 aromatic rings. The molecule has 0 aromatic heterocycles. The second kappa shape index (κ2) is 3.64. The molecule has 1 N–H and O–H groups in total. The Labute approximate surface area is 112 Å². The van der Waals surface area contributed by atoms with Crippen molar-refractivity contribution in [2.45, 2.75) is 24.5 Å². The van der Waals surface area contributed by atoms with E-state index in [9.17, 15) is 5.11 Å². The van der Waals surface area contributed by atoms with Crippen LogP contribution in [0.3, 0.4) is 0 Å². The van der Waals surface area contributed by atoms with Crippen molar-refractivity contribution in [2.24, 2.45) is 0 Å². The third kappa shape index (κ3) is 1.36. The van der Waals surface area contributed by atoms with Crippen LogP contribution in [0.5, 0.6) is 11.5 Å². The smallest absolute Gasteiger partial charge is 0.166 e. The molecular weight excluding hydrogens is 238 g/mol. The maximum Gasteiger partial charge on any atom is 0.166 e. The van der Waals surface area contributed by atoms with Gasteiger partial charge >= 0.3 is 0 Å². The highest BCUT2D eigenvalue weighted by Gasteiger charge is 2.50. The zero-order valence-electron chi connectivity index (χ0n) is 11.0. The molecule has 1 spiro atoms. The fourth-order valence-corrected chi connectivity index (χ4v) is 3.63. The zero-order chi connectivity index (χ0) is 13.0. The molecule has 19 heavy (non-hydrogen) atoms. The topological polar surface area (TPSA) is 32.7 Å². The second-order valence-electron chi connectivity index (χ2n) is 5.76. The lowest BCUT2D eigenvalue weighted by Crippen LogP contribution is -2.37. The SMILES string of the molecule is CN1CCC23C=CC=CC2Oc2c(O)ccc(c23)C1. The summed E-state index contributed by atoms with van der Waals surface area (Å²) in [4.78, 5) is 2.34. The Morgan fingerprint density at radius 2 is 2.26 bits per heavy atom. The Morgan fingerprint density at radius 3 is 3.16 bits per heavy atom. The molecule has 1 aliphatic carbocycles. The largest absolute Gasteiger partial charge is 0.504 e. The Morgan fingerprint density at radius 1 is 1.37 bits per heavy atom. The van der Waals surface area contributed by atoms with Gasteiger partial charge in [0.15, 0.2) is 11.5 Å². The van der Waals surface area contributed by atoms with Crippen LogP contribution in [-0.2, 0) is 12.0 Å². The molecule has 2 heterocycles. The summed E-state index contributed by atoms with van der Waals surface area (Å²) in [6, 6.07) is 3.79. The molecule has 98 valence electrons. The summed E-state index contributed by atoms with van der Waals surface area (Å²) in [5, 5.41) is 10.1. The summed E-state index contributed by atoms with van der Waals surface area (Å²) in [7, 11) is 2.15. The van der Waals surface area contributed by atoms with Gasteiger partial charge in [0.05, 0.1) is 5.41 Å². The fourth-order valence-electron chi connectivity index (χ4n) is 3.63. The number of aromatic hydroxyl groups is 1. The van der Waals surface area contributed by atoms with Crippen LogP contribution in [-0.4, -0.2) is 29.7 Å². The molecule has 0 amide bonds. The molecular formula is C16H17NO2. The highest BCUT2D eigenvalue weighted by atomic mass is 16.5. The van der Waals surface area contributed by atoms with Gasteiger partial charge in [-0.3, -0.25) is 0 Å². The maximum absolute atomic E-state index is 10.1. The number of hydrogen-bond donors (Lipinski definition) is 1. The molecule has 0 saturated heterocycles. The van der Waals surface area contributed by atoms with Gasteiger partial charge in [0.1, 0.15) is 6.10 Å². The Balaban J connectivity index is 2.01. The first-order chi connectivity index (χ1) is 9.21. The van der Waals surface area contributed by atoms with E-state index in [1.54, 1.807) is 6.07 Å². The average molecular weight is 255 g/mol. The van der Waals surface area contributed by atoms with Gasteiger partial charge < -0.3 is 14.7 Å².